The second-order valence-electron chi connectivity index (χ2n) is 10.3. The number of nitriles is 1. The summed E-state index contributed by atoms with van der Waals surface area (Å²) >= 11 is 0. The molecule has 1 amide bonds. The molecule has 184 valence electrons. The molecule has 1 saturated heterocycles. The molecule has 0 N–H and O–H groups in total. The normalized spacial score (nSPS) is 15.7. The zero-order valence-electron chi connectivity index (χ0n) is 21.0. The first-order valence-corrected chi connectivity index (χ1v) is 11.9. The maximum absolute atomic E-state index is 12.8. The lowest BCUT2D eigenvalue weighted by atomic mass is 9.73. The second kappa shape index (κ2) is 11.2. The van der Waals surface area contributed by atoms with Crippen LogP contribution in [0.3, 0.4) is 0 Å². The van der Waals surface area contributed by atoms with Crippen LogP contribution in [-0.4, -0.2) is 41.8 Å². The molecule has 1 heterocycles. The Hall–Kier alpha value is -3.59. The lowest BCUT2D eigenvalue weighted by Gasteiger charge is -2.49. The van der Waals surface area contributed by atoms with Crippen molar-refractivity contribution < 1.29 is 19.1 Å². The number of aryl methyl sites for hydroxylation is 1. The Labute approximate surface area is 208 Å². The summed E-state index contributed by atoms with van der Waals surface area (Å²) in [4.78, 5) is 26.8. The maximum atomic E-state index is 12.8. The lowest BCUT2D eigenvalue weighted by molar-refractivity contribution is -0.0398. The van der Waals surface area contributed by atoms with Gasteiger partial charge < -0.3 is 14.4 Å². The maximum Gasteiger partial charge on any atom is 0.410 e. The monoisotopic (exact) mass is 474 g/mol. The zero-order chi connectivity index (χ0) is 25.5. The third-order valence-electron chi connectivity index (χ3n) is 5.97. The summed E-state index contributed by atoms with van der Waals surface area (Å²) in [6, 6.07) is 19.4. The van der Waals surface area contributed by atoms with E-state index < -0.39 is 11.7 Å². The lowest BCUT2D eigenvalue weighted by Crippen LogP contribution is -2.59. The SMILES string of the molecule is Cc1ccc(C(=O)O[C@@H](/C=C/c2ccccc2)CCC2(CC#N)CN(C(=O)OC(C)(C)C)C2)cc1. The van der Waals surface area contributed by atoms with E-state index in [1.165, 1.54) is 0 Å². The highest BCUT2D eigenvalue weighted by atomic mass is 16.6. The molecule has 0 saturated carbocycles. The van der Waals surface area contributed by atoms with Crippen molar-refractivity contribution in [1.29, 1.82) is 5.26 Å². The highest BCUT2D eigenvalue weighted by molar-refractivity contribution is 5.89. The number of amides is 1. The van der Waals surface area contributed by atoms with Crippen molar-refractivity contribution in [2.75, 3.05) is 13.1 Å². The topological polar surface area (TPSA) is 79.6 Å². The van der Waals surface area contributed by atoms with E-state index in [4.69, 9.17) is 9.47 Å². The molecule has 1 atom stereocenters. The van der Waals surface area contributed by atoms with E-state index in [1.807, 2.05) is 82.3 Å². The van der Waals surface area contributed by atoms with Gasteiger partial charge in [0.15, 0.2) is 0 Å². The van der Waals surface area contributed by atoms with Crippen LogP contribution in [0, 0.1) is 23.7 Å². The predicted molar refractivity (Wildman–Crippen MR) is 136 cm³/mol. The summed E-state index contributed by atoms with van der Waals surface area (Å²) in [5.74, 6) is -0.383. The Morgan fingerprint density at radius 1 is 1.11 bits per heavy atom. The predicted octanol–water partition coefficient (Wildman–Crippen LogP) is 6.16. The van der Waals surface area contributed by atoms with Crippen LogP contribution >= 0.6 is 0 Å². The number of hydrogen-bond donors (Lipinski definition) is 0. The molecule has 1 aliphatic heterocycles. The van der Waals surface area contributed by atoms with Gasteiger partial charge in [-0.15, -0.1) is 0 Å². The van der Waals surface area contributed by atoms with Crippen LogP contribution in [0.25, 0.3) is 6.08 Å². The zero-order valence-corrected chi connectivity index (χ0v) is 21.0. The first-order chi connectivity index (χ1) is 16.6. The number of likely N-dealkylation sites (tertiary alicyclic amines) is 1. The van der Waals surface area contributed by atoms with Gasteiger partial charge in [0.1, 0.15) is 11.7 Å². The van der Waals surface area contributed by atoms with Crippen LogP contribution in [0.15, 0.2) is 60.7 Å². The summed E-state index contributed by atoms with van der Waals surface area (Å²) in [6.07, 6.45) is 4.53. The largest absolute Gasteiger partial charge is 0.455 e. The van der Waals surface area contributed by atoms with Crippen molar-refractivity contribution in [3.05, 3.63) is 77.4 Å². The van der Waals surface area contributed by atoms with E-state index in [9.17, 15) is 14.9 Å². The van der Waals surface area contributed by atoms with Crippen molar-refractivity contribution in [3.63, 3.8) is 0 Å². The van der Waals surface area contributed by atoms with Crippen LogP contribution in [0.2, 0.25) is 0 Å². The van der Waals surface area contributed by atoms with Gasteiger partial charge in [-0.2, -0.15) is 5.26 Å². The molecule has 3 rings (SSSR count). The molecule has 2 aromatic carbocycles. The van der Waals surface area contributed by atoms with E-state index >= 15 is 0 Å². The van der Waals surface area contributed by atoms with Crippen LogP contribution in [0.1, 0.15) is 61.5 Å². The minimum absolute atomic E-state index is 0.327. The first kappa shape index (κ1) is 26.0. The number of benzene rings is 2. The molecule has 6 nitrogen and oxygen atoms in total. The molecule has 35 heavy (non-hydrogen) atoms. The summed E-state index contributed by atoms with van der Waals surface area (Å²) in [6.45, 7) is 8.37. The van der Waals surface area contributed by atoms with Gasteiger partial charge in [-0.3, -0.25) is 0 Å². The smallest absolute Gasteiger partial charge is 0.410 e. The van der Waals surface area contributed by atoms with Crippen molar-refractivity contribution in [2.24, 2.45) is 5.41 Å². The highest BCUT2D eigenvalue weighted by Gasteiger charge is 2.46. The molecular formula is C29H34N2O4. The number of rotatable bonds is 8. The molecular weight excluding hydrogens is 440 g/mol. The van der Waals surface area contributed by atoms with Crippen LogP contribution < -0.4 is 0 Å². The van der Waals surface area contributed by atoms with Gasteiger partial charge in [-0.25, -0.2) is 9.59 Å². The van der Waals surface area contributed by atoms with E-state index in [2.05, 4.69) is 6.07 Å². The molecule has 0 aliphatic carbocycles. The average Bonchev–Trinajstić information content (AvgIpc) is 2.78. The fraction of sp³-hybridized carbons (Fsp3) is 0.414. The molecule has 1 fully saturated rings. The number of hydrogen-bond acceptors (Lipinski definition) is 5. The summed E-state index contributed by atoms with van der Waals surface area (Å²) < 4.78 is 11.3. The quantitative estimate of drug-likeness (QED) is 0.428. The van der Waals surface area contributed by atoms with Crippen LogP contribution in [0.4, 0.5) is 4.79 Å². The molecule has 0 spiro atoms. The minimum Gasteiger partial charge on any atom is -0.455 e. The summed E-state index contributed by atoms with van der Waals surface area (Å²) in [7, 11) is 0. The van der Waals surface area contributed by atoms with Gasteiger partial charge in [0.25, 0.3) is 0 Å². The fourth-order valence-electron chi connectivity index (χ4n) is 4.07. The van der Waals surface area contributed by atoms with Gasteiger partial charge in [-0.05, 0) is 64.3 Å². The molecule has 0 radical (unpaired) electrons. The number of esters is 1. The van der Waals surface area contributed by atoms with Gasteiger partial charge in [0.05, 0.1) is 11.6 Å². The molecule has 6 heteroatoms. The Morgan fingerprint density at radius 2 is 1.77 bits per heavy atom. The number of carbonyl (C=O) groups is 2. The molecule has 0 aromatic heterocycles. The fourth-order valence-corrected chi connectivity index (χ4v) is 4.07. The minimum atomic E-state index is -0.567. The summed E-state index contributed by atoms with van der Waals surface area (Å²) in [5.41, 5.74) is 1.68. The second-order valence-corrected chi connectivity index (χ2v) is 10.3. The van der Waals surface area contributed by atoms with E-state index in [0.717, 1.165) is 11.1 Å². The Bertz CT molecular complexity index is 1070. The van der Waals surface area contributed by atoms with Crippen molar-refractivity contribution in [1.82, 2.24) is 4.90 Å². The molecule has 0 bridgehead atoms. The van der Waals surface area contributed by atoms with Gasteiger partial charge >= 0.3 is 12.1 Å². The van der Waals surface area contributed by atoms with Gasteiger partial charge in [0, 0.05) is 24.9 Å². The van der Waals surface area contributed by atoms with E-state index in [1.54, 1.807) is 17.0 Å². The van der Waals surface area contributed by atoms with Crippen LogP contribution in [0.5, 0.6) is 0 Å². The molecule has 1 aliphatic rings. The summed E-state index contributed by atoms with van der Waals surface area (Å²) in [5, 5.41) is 9.43. The van der Waals surface area contributed by atoms with Crippen molar-refractivity contribution in [3.8, 4) is 6.07 Å². The Morgan fingerprint density at radius 3 is 2.37 bits per heavy atom. The average molecular weight is 475 g/mol. The first-order valence-electron chi connectivity index (χ1n) is 11.9. The third kappa shape index (κ3) is 7.71. The Balaban J connectivity index is 1.69. The number of nitrogens with zero attached hydrogens (tertiary/aromatic N) is 2. The van der Waals surface area contributed by atoms with Gasteiger partial charge in [0.2, 0.25) is 0 Å². The highest BCUT2D eigenvalue weighted by Crippen LogP contribution is 2.40. The number of carbonyl (C=O) groups excluding carboxylic acids is 2. The molecule has 0 unspecified atom stereocenters. The van der Waals surface area contributed by atoms with E-state index in [0.29, 0.717) is 37.9 Å². The van der Waals surface area contributed by atoms with Gasteiger partial charge in [-0.1, -0.05) is 54.1 Å². The third-order valence-corrected chi connectivity index (χ3v) is 5.97. The van der Waals surface area contributed by atoms with Crippen molar-refractivity contribution in [2.45, 2.75) is 58.7 Å². The Kier molecular flexibility index (Phi) is 8.34. The van der Waals surface area contributed by atoms with Crippen LogP contribution in [-0.2, 0) is 9.47 Å². The number of ether oxygens (including phenoxy) is 2. The van der Waals surface area contributed by atoms with E-state index in [-0.39, 0.29) is 17.5 Å². The standard InChI is InChI=1S/C29H34N2O4/c1-22-10-13-24(14-11-22)26(32)34-25(15-12-23-8-6-5-7-9-23)16-17-29(18-19-30)20-31(21-29)27(33)35-28(2,3)4/h5-15,25H,16-18,20-21H2,1-4H3/b15-12+/t25-/m0/s1. The van der Waals surface area contributed by atoms with Crippen molar-refractivity contribution >= 4 is 18.1 Å². The molecule has 2 aromatic rings.